The molecule has 11 heteroatoms. The molecular formula is C23H28F2N4O5. The number of nitrogens with one attached hydrogen (secondary N) is 1. The number of carboxylic acid groups (broad SMARTS) is 1. The Hall–Kier alpha value is -3.05. The van der Waals surface area contributed by atoms with Crippen LogP contribution in [-0.4, -0.2) is 55.9 Å². The van der Waals surface area contributed by atoms with Gasteiger partial charge in [-0.25, -0.2) is 23.4 Å². The predicted molar refractivity (Wildman–Crippen MR) is 116 cm³/mol. The van der Waals surface area contributed by atoms with Crippen molar-refractivity contribution in [3.05, 3.63) is 52.6 Å². The van der Waals surface area contributed by atoms with Crippen LogP contribution in [-0.2, 0) is 29.6 Å². The number of fused-ring (bicyclic) bond motifs is 1. The highest BCUT2D eigenvalue weighted by atomic mass is 19.1. The Morgan fingerprint density at radius 1 is 1.26 bits per heavy atom. The summed E-state index contributed by atoms with van der Waals surface area (Å²) in [7, 11) is 1.66. The van der Waals surface area contributed by atoms with E-state index in [4.69, 9.17) is 9.47 Å². The molecule has 34 heavy (non-hydrogen) atoms. The van der Waals surface area contributed by atoms with Gasteiger partial charge in [0.05, 0.1) is 24.0 Å². The number of carbonyl (C=O) groups is 2. The molecule has 1 fully saturated rings. The minimum Gasteiger partial charge on any atom is -0.475 e. The van der Waals surface area contributed by atoms with Gasteiger partial charge in [0.1, 0.15) is 23.3 Å². The summed E-state index contributed by atoms with van der Waals surface area (Å²) in [5.41, 5.74) is 0.766. The minimum atomic E-state index is -1.09. The number of nitrogens with zero attached hydrogens (tertiary/aromatic N) is 3. The molecule has 0 aliphatic carbocycles. The largest absolute Gasteiger partial charge is 0.475 e. The third-order valence-electron chi connectivity index (χ3n) is 6.04. The lowest BCUT2D eigenvalue weighted by atomic mass is 9.92. The van der Waals surface area contributed by atoms with Gasteiger partial charge in [-0.2, -0.15) is 0 Å². The molecule has 0 spiro atoms. The highest BCUT2D eigenvalue weighted by Crippen LogP contribution is 2.35. The fourth-order valence-electron chi connectivity index (χ4n) is 4.51. The van der Waals surface area contributed by atoms with E-state index in [2.05, 4.69) is 15.2 Å². The Morgan fingerprint density at radius 2 is 2.00 bits per heavy atom. The van der Waals surface area contributed by atoms with Crippen LogP contribution in [0, 0.1) is 11.6 Å². The van der Waals surface area contributed by atoms with Gasteiger partial charge in [0.2, 0.25) is 5.82 Å². The zero-order valence-corrected chi connectivity index (χ0v) is 19.5. The van der Waals surface area contributed by atoms with Crippen molar-refractivity contribution in [3.63, 3.8) is 0 Å². The first kappa shape index (κ1) is 24.1. The summed E-state index contributed by atoms with van der Waals surface area (Å²) in [5, 5.41) is 12.1. The molecule has 2 aliphatic rings. The van der Waals surface area contributed by atoms with Crippen molar-refractivity contribution >= 4 is 12.1 Å². The smallest absolute Gasteiger partial charge is 0.407 e. The van der Waals surface area contributed by atoms with Crippen molar-refractivity contribution in [2.24, 2.45) is 7.05 Å². The Morgan fingerprint density at radius 3 is 2.65 bits per heavy atom. The highest BCUT2D eigenvalue weighted by molar-refractivity contribution is 5.83. The molecular weight excluding hydrogens is 450 g/mol. The van der Waals surface area contributed by atoms with E-state index in [1.165, 1.54) is 0 Å². The number of imidazole rings is 1. The number of aromatic nitrogens is 2. The number of benzene rings is 1. The molecule has 9 nitrogen and oxygen atoms in total. The van der Waals surface area contributed by atoms with Gasteiger partial charge in [-0.15, -0.1) is 0 Å². The molecule has 3 atom stereocenters. The summed E-state index contributed by atoms with van der Waals surface area (Å²) < 4.78 is 41.4. The molecule has 1 aromatic heterocycles. The molecule has 2 aliphatic heterocycles. The molecule has 3 heterocycles. The number of hydrogen-bond acceptors (Lipinski definition) is 6. The first-order chi connectivity index (χ1) is 15.9. The standard InChI is InChI=1S/C23H28F2N4O5/c1-23(2,3)34-22(32)27-16-8-13(11-33-19(16)14-7-12(24)5-6-15(14)25)29-9-17-18(10-29)28(4)20(26-17)21(30)31/h5-7,13,16,19H,8-11H2,1-4H3,(H,27,32)(H,30,31)/t13?,16?,19-/m1/s1. The maximum absolute atomic E-state index is 14.6. The number of amides is 1. The van der Waals surface area contributed by atoms with Gasteiger partial charge >= 0.3 is 12.1 Å². The number of carboxylic acids is 1. The number of carbonyl (C=O) groups excluding carboxylic acids is 1. The van der Waals surface area contributed by atoms with Crippen molar-refractivity contribution in [1.82, 2.24) is 19.8 Å². The fourth-order valence-corrected chi connectivity index (χ4v) is 4.51. The summed E-state index contributed by atoms with van der Waals surface area (Å²) in [6.45, 7) is 6.29. The number of halogens is 2. The summed E-state index contributed by atoms with van der Waals surface area (Å²) in [6, 6.07) is 2.28. The molecule has 184 valence electrons. The second kappa shape index (κ2) is 8.95. The van der Waals surface area contributed by atoms with Crippen LogP contribution in [0.25, 0.3) is 0 Å². The summed E-state index contributed by atoms with van der Waals surface area (Å²) in [5.74, 6) is -2.34. The number of hydrogen-bond donors (Lipinski definition) is 2. The molecule has 2 aromatic rings. The third kappa shape index (κ3) is 4.90. The molecule has 2 unspecified atom stereocenters. The molecule has 1 saturated heterocycles. The first-order valence-electron chi connectivity index (χ1n) is 11.0. The first-order valence-corrected chi connectivity index (χ1v) is 11.0. The molecule has 4 rings (SSSR count). The number of alkyl carbamates (subject to hydrolysis) is 1. The van der Waals surface area contributed by atoms with Gasteiger partial charge in [-0.3, -0.25) is 4.90 Å². The van der Waals surface area contributed by atoms with Gasteiger partial charge in [-0.1, -0.05) is 0 Å². The van der Waals surface area contributed by atoms with Crippen molar-refractivity contribution in [2.75, 3.05) is 6.61 Å². The van der Waals surface area contributed by atoms with Crippen LogP contribution < -0.4 is 5.32 Å². The van der Waals surface area contributed by atoms with Crippen LogP contribution in [0.1, 0.15) is 60.9 Å². The number of rotatable bonds is 4. The quantitative estimate of drug-likeness (QED) is 0.696. The average molecular weight is 478 g/mol. The molecule has 1 amide bonds. The molecule has 2 N–H and O–H groups in total. The molecule has 1 aromatic carbocycles. The summed E-state index contributed by atoms with van der Waals surface area (Å²) in [6.07, 6.45) is -1.19. The monoisotopic (exact) mass is 478 g/mol. The van der Waals surface area contributed by atoms with Crippen LogP contribution in [0.3, 0.4) is 0 Å². The van der Waals surface area contributed by atoms with E-state index in [0.29, 0.717) is 25.2 Å². The van der Waals surface area contributed by atoms with Crippen LogP contribution in [0.2, 0.25) is 0 Å². The lowest BCUT2D eigenvalue weighted by molar-refractivity contribution is -0.0630. The van der Waals surface area contributed by atoms with E-state index in [-0.39, 0.29) is 24.0 Å². The van der Waals surface area contributed by atoms with E-state index >= 15 is 0 Å². The number of aromatic carboxylic acids is 1. The van der Waals surface area contributed by atoms with Gasteiger partial charge in [0.15, 0.2) is 0 Å². The normalized spacial score (nSPS) is 22.9. The lowest BCUT2D eigenvalue weighted by Gasteiger charge is -2.40. The van der Waals surface area contributed by atoms with Crippen molar-refractivity contribution in [1.29, 1.82) is 0 Å². The molecule has 0 bridgehead atoms. The summed E-state index contributed by atoms with van der Waals surface area (Å²) >= 11 is 0. The Kier molecular flexibility index (Phi) is 6.34. The maximum Gasteiger partial charge on any atom is 0.407 e. The highest BCUT2D eigenvalue weighted by Gasteiger charge is 2.40. The predicted octanol–water partition coefficient (Wildman–Crippen LogP) is 3.14. The molecule has 0 radical (unpaired) electrons. The van der Waals surface area contributed by atoms with Gasteiger partial charge in [-0.05, 0) is 45.4 Å². The summed E-state index contributed by atoms with van der Waals surface area (Å²) in [4.78, 5) is 30.2. The van der Waals surface area contributed by atoms with E-state index in [1.54, 1.807) is 32.4 Å². The average Bonchev–Trinajstić information content (AvgIpc) is 3.28. The zero-order chi connectivity index (χ0) is 24.8. The van der Waals surface area contributed by atoms with Crippen molar-refractivity contribution < 1.29 is 33.0 Å². The maximum atomic E-state index is 14.6. The third-order valence-corrected chi connectivity index (χ3v) is 6.04. The lowest BCUT2D eigenvalue weighted by Crippen LogP contribution is -2.52. The van der Waals surface area contributed by atoms with E-state index in [0.717, 1.165) is 23.9 Å². The second-order valence-corrected chi connectivity index (χ2v) is 9.66. The Balaban J connectivity index is 1.54. The van der Waals surface area contributed by atoms with Gasteiger partial charge < -0.3 is 24.5 Å². The fraction of sp³-hybridized carbons (Fsp3) is 0.522. The molecule has 0 saturated carbocycles. The van der Waals surface area contributed by atoms with Gasteiger partial charge in [0.25, 0.3) is 0 Å². The SMILES string of the molecule is Cn1c(C(=O)O)nc2c1CN(C1CO[C@H](c3cc(F)ccc3F)C(NC(=O)OC(C)(C)C)C1)C2. The van der Waals surface area contributed by atoms with E-state index in [9.17, 15) is 23.5 Å². The Bertz CT molecular complexity index is 1110. The Labute approximate surface area is 195 Å². The zero-order valence-electron chi connectivity index (χ0n) is 19.5. The topological polar surface area (TPSA) is 106 Å². The van der Waals surface area contributed by atoms with E-state index < -0.39 is 41.4 Å². The van der Waals surface area contributed by atoms with Crippen LogP contribution in [0.15, 0.2) is 18.2 Å². The van der Waals surface area contributed by atoms with Crippen LogP contribution >= 0.6 is 0 Å². The van der Waals surface area contributed by atoms with E-state index in [1.807, 2.05) is 0 Å². The van der Waals surface area contributed by atoms with Gasteiger partial charge in [0, 0.05) is 31.7 Å². The van der Waals surface area contributed by atoms with Crippen molar-refractivity contribution in [2.45, 2.75) is 64.1 Å². The van der Waals surface area contributed by atoms with Crippen LogP contribution in [0.5, 0.6) is 0 Å². The second-order valence-electron chi connectivity index (χ2n) is 9.66. The number of ether oxygens (including phenoxy) is 2. The van der Waals surface area contributed by atoms with Crippen molar-refractivity contribution in [3.8, 4) is 0 Å². The van der Waals surface area contributed by atoms with Crippen LogP contribution in [0.4, 0.5) is 13.6 Å². The minimum absolute atomic E-state index is 0.0179.